The standard InChI is InChI=1S/C21H27NO4/c1-3-4-6-13-19(23)22-15-18(21(22)25)16(2)26-20(24)14-9-12-17-10-7-5-8-11-17/h3,5,7-8,10-11,16,18H,1,4,6,9,12-15H2,2H3/t16-,18+/m1/s1. The van der Waals surface area contributed by atoms with E-state index < -0.39 is 12.0 Å². The van der Waals surface area contributed by atoms with Crippen LogP contribution in [-0.4, -0.2) is 35.3 Å². The number of hydrogen-bond acceptors (Lipinski definition) is 4. The number of unbranched alkanes of at least 4 members (excludes halogenated alkanes) is 1. The topological polar surface area (TPSA) is 63.7 Å². The largest absolute Gasteiger partial charge is 0.462 e. The van der Waals surface area contributed by atoms with E-state index in [0.29, 0.717) is 32.2 Å². The number of likely N-dealkylation sites (tertiary alicyclic amines) is 1. The zero-order chi connectivity index (χ0) is 18.9. The van der Waals surface area contributed by atoms with E-state index >= 15 is 0 Å². The highest BCUT2D eigenvalue weighted by Crippen LogP contribution is 2.25. The average molecular weight is 357 g/mol. The number of allylic oxidation sites excluding steroid dienone is 1. The lowest BCUT2D eigenvalue weighted by atomic mass is 9.92. The second kappa shape index (κ2) is 9.90. The fourth-order valence-electron chi connectivity index (χ4n) is 2.99. The molecule has 1 heterocycles. The van der Waals surface area contributed by atoms with Gasteiger partial charge in [0.1, 0.15) is 6.10 Å². The van der Waals surface area contributed by atoms with Gasteiger partial charge in [-0.3, -0.25) is 19.3 Å². The number of ether oxygens (including phenoxy) is 1. The Labute approximate surface area is 155 Å². The van der Waals surface area contributed by atoms with Gasteiger partial charge in [-0.05, 0) is 38.2 Å². The monoisotopic (exact) mass is 357 g/mol. The molecule has 0 aromatic heterocycles. The van der Waals surface area contributed by atoms with Crippen molar-refractivity contribution in [2.45, 2.75) is 51.6 Å². The van der Waals surface area contributed by atoms with Gasteiger partial charge in [-0.15, -0.1) is 6.58 Å². The summed E-state index contributed by atoms with van der Waals surface area (Å²) < 4.78 is 5.38. The number of aryl methyl sites for hydroxylation is 1. The Hall–Kier alpha value is -2.43. The molecule has 0 aliphatic carbocycles. The molecule has 0 radical (unpaired) electrons. The van der Waals surface area contributed by atoms with Crippen molar-refractivity contribution in [1.29, 1.82) is 0 Å². The number of imide groups is 1. The lowest BCUT2D eigenvalue weighted by Gasteiger charge is -2.39. The third-order valence-corrected chi connectivity index (χ3v) is 4.64. The molecule has 0 bridgehead atoms. The smallest absolute Gasteiger partial charge is 0.306 e. The summed E-state index contributed by atoms with van der Waals surface area (Å²) in [6.07, 6.45) is 4.91. The maximum Gasteiger partial charge on any atom is 0.306 e. The first kappa shape index (κ1) is 19.9. The Morgan fingerprint density at radius 2 is 2.00 bits per heavy atom. The molecule has 1 aliphatic rings. The van der Waals surface area contributed by atoms with Crippen LogP contribution in [0.15, 0.2) is 43.0 Å². The molecular weight excluding hydrogens is 330 g/mol. The summed E-state index contributed by atoms with van der Waals surface area (Å²) in [5.74, 6) is -1.10. The average Bonchev–Trinajstić information content (AvgIpc) is 2.61. The Morgan fingerprint density at radius 1 is 1.27 bits per heavy atom. The van der Waals surface area contributed by atoms with Crippen molar-refractivity contribution in [3.05, 3.63) is 48.6 Å². The maximum absolute atomic E-state index is 12.2. The van der Waals surface area contributed by atoms with E-state index in [2.05, 4.69) is 6.58 Å². The number of benzene rings is 1. The highest BCUT2D eigenvalue weighted by molar-refractivity contribution is 6.01. The number of carbonyl (C=O) groups excluding carboxylic acids is 3. The lowest BCUT2D eigenvalue weighted by Crippen LogP contribution is -2.59. The molecule has 0 saturated carbocycles. The van der Waals surface area contributed by atoms with Gasteiger partial charge in [0.25, 0.3) is 0 Å². The van der Waals surface area contributed by atoms with Crippen molar-refractivity contribution >= 4 is 17.8 Å². The number of rotatable bonds is 10. The van der Waals surface area contributed by atoms with Crippen molar-refractivity contribution in [1.82, 2.24) is 4.90 Å². The minimum atomic E-state index is -0.496. The van der Waals surface area contributed by atoms with E-state index in [4.69, 9.17) is 4.74 Å². The molecule has 1 fully saturated rings. The van der Waals surface area contributed by atoms with Crippen molar-refractivity contribution in [3.8, 4) is 0 Å². The molecule has 5 nitrogen and oxygen atoms in total. The molecule has 2 atom stereocenters. The van der Waals surface area contributed by atoms with Crippen LogP contribution in [-0.2, 0) is 25.5 Å². The van der Waals surface area contributed by atoms with Crippen LogP contribution >= 0.6 is 0 Å². The number of carbonyl (C=O) groups is 3. The SMILES string of the molecule is C=CCCCC(=O)N1C[C@@H]([C@@H](C)OC(=O)CCCc2ccccc2)C1=O. The highest BCUT2D eigenvalue weighted by Gasteiger charge is 2.44. The summed E-state index contributed by atoms with van der Waals surface area (Å²) in [7, 11) is 0. The van der Waals surface area contributed by atoms with Crippen LogP contribution < -0.4 is 0 Å². The van der Waals surface area contributed by atoms with Crippen LogP contribution in [0.3, 0.4) is 0 Å². The van der Waals surface area contributed by atoms with Gasteiger partial charge in [-0.25, -0.2) is 0 Å². The summed E-state index contributed by atoms with van der Waals surface area (Å²) >= 11 is 0. The predicted octanol–water partition coefficient (Wildman–Crippen LogP) is 3.28. The Bertz CT molecular complexity index is 641. The van der Waals surface area contributed by atoms with Gasteiger partial charge in [0.15, 0.2) is 0 Å². The molecule has 1 aliphatic heterocycles. The third kappa shape index (κ3) is 5.55. The fourth-order valence-corrected chi connectivity index (χ4v) is 2.99. The third-order valence-electron chi connectivity index (χ3n) is 4.64. The first-order chi connectivity index (χ1) is 12.5. The Morgan fingerprint density at radius 3 is 2.65 bits per heavy atom. The van der Waals surface area contributed by atoms with Crippen LogP contribution in [0.5, 0.6) is 0 Å². The first-order valence-electron chi connectivity index (χ1n) is 9.21. The molecule has 0 unspecified atom stereocenters. The zero-order valence-electron chi connectivity index (χ0n) is 15.4. The number of nitrogens with zero attached hydrogens (tertiary/aromatic N) is 1. The van der Waals surface area contributed by atoms with E-state index in [9.17, 15) is 14.4 Å². The molecular formula is C21H27NO4. The molecule has 2 rings (SSSR count). The van der Waals surface area contributed by atoms with Gasteiger partial charge in [0.2, 0.25) is 11.8 Å². The molecule has 1 aromatic carbocycles. The molecule has 0 spiro atoms. The molecule has 2 amide bonds. The van der Waals surface area contributed by atoms with Crippen LogP contribution in [0, 0.1) is 5.92 Å². The molecule has 5 heteroatoms. The molecule has 26 heavy (non-hydrogen) atoms. The van der Waals surface area contributed by atoms with Crippen molar-refractivity contribution < 1.29 is 19.1 Å². The molecule has 140 valence electrons. The van der Waals surface area contributed by atoms with Crippen LogP contribution in [0.25, 0.3) is 0 Å². The van der Waals surface area contributed by atoms with E-state index in [-0.39, 0.29) is 17.8 Å². The van der Waals surface area contributed by atoms with Gasteiger partial charge in [0.05, 0.1) is 5.92 Å². The summed E-state index contributed by atoms with van der Waals surface area (Å²) in [6, 6.07) is 9.97. The summed E-state index contributed by atoms with van der Waals surface area (Å²) in [6.45, 7) is 5.67. The maximum atomic E-state index is 12.2. The van der Waals surface area contributed by atoms with Gasteiger partial charge < -0.3 is 4.74 Å². The minimum absolute atomic E-state index is 0.158. The van der Waals surface area contributed by atoms with Crippen LogP contribution in [0.1, 0.15) is 44.6 Å². The van der Waals surface area contributed by atoms with E-state index in [1.807, 2.05) is 30.3 Å². The second-order valence-corrected chi connectivity index (χ2v) is 6.66. The molecule has 0 N–H and O–H groups in total. The number of β-lactam (4-membered cyclic amide) rings is 1. The summed E-state index contributed by atoms with van der Waals surface area (Å²) in [4.78, 5) is 37.3. The van der Waals surface area contributed by atoms with E-state index in [1.165, 1.54) is 10.5 Å². The van der Waals surface area contributed by atoms with Gasteiger partial charge in [-0.2, -0.15) is 0 Å². The lowest BCUT2D eigenvalue weighted by molar-refractivity contribution is -0.169. The number of amides is 2. The minimum Gasteiger partial charge on any atom is -0.462 e. The summed E-state index contributed by atoms with van der Waals surface area (Å²) in [5, 5.41) is 0. The zero-order valence-corrected chi connectivity index (χ0v) is 15.4. The van der Waals surface area contributed by atoms with E-state index in [1.54, 1.807) is 13.0 Å². The van der Waals surface area contributed by atoms with Crippen molar-refractivity contribution in [3.63, 3.8) is 0 Å². The fraction of sp³-hybridized carbons (Fsp3) is 0.476. The Balaban J connectivity index is 1.67. The van der Waals surface area contributed by atoms with Crippen molar-refractivity contribution in [2.75, 3.05) is 6.54 Å². The summed E-state index contributed by atoms with van der Waals surface area (Å²) in [5.41, 5.74) is 1.19. The van der Waals surface area contributed by atoms with E-state index in [0.717, 1.165) is 12.8 Å². The molecule has 1 aromatic rings. The van der Waals surface area contributed by atoms with Gasteiger partial charge >= 0.3 is 5.97 Å². The quantitative estimate of drug-likeness (QED) is 0.279. The van der Waals surface area contributed by atoms with Crippen LogP contribution in [0.4, 0.5) is 0 Å². The van der Waals surface area contributed by atoms with Gasteiger partial charge in [0, 0.05) is 19.4 Å². The number of esters is 1. The van der Waals surface area contributed by atoms with Crippen molar-refractivity contribution in [2.24, 2.45) is 5.92 Å². The first-order valence-corrected chi connectivity index (χ1v) is 9.21. The van der Waals surface area contributed by atoms with Gasteiger partial charge in [-0.1, -0.05) is 36.4 Å². The second-order valence-electron chi connectivity index (χ2n) is 6.66. The predicted molar refractivity (Wildman–Crippen MR) is 99.2 cm³/mol. The Kier molecular flexibility index (Phi) is 7.57. The highest BCUT2D eigenvalue weighted by atomic mass is 16.5. The molecule has 1 saturated heterocycles. The van der Waals surface area contributed by atoms with Crippen LogP contribution in [0.2, 0.25) is 0 Å². The normalized spacial score (nSPS) is 17.3. The number of hydrogen-bond donors (Lipinski definition) is 0.